The number of likely N-dealkylation sites (tertiary alicyclic amines) is 1. The molecule has 7 heteroatoms. The number of benzene rings is 1. The van der Waals surface area contributed by atoms with Crippen molar-refractivity contribution in [2.45, 2.75) is 32.2 Å². The molecule has 1 aromatic carbocycles. The number of nitrogens with zero attached hydrogens (tertiary/aromatic N) is 1. The van der Waals surface area contributed by atoms with Gasteiger partial charge in [0.2, 0.25) is 5.91 Å². The molecule has 0 spiro atoms. The van der Waals surface area contributed by atoms with Crippen LogP contribution >= 0.6 is 0 Å². The molecular formula is C19H27FN4O2. The van der Waals surface area contributed by atoms with Gasteiger partial charge in [-0.1, -0.05) is 19.1 Å². The molecule has 3 rings (SSSR count). The van der Waals surface area contributed by atoms with E-state index >= 15 is 0 Å². The number of hydrogen-bond donors (Lipinski definition) is 3. The van der Waals surface area contributed by atoms with E-state index in [9.17, 15) is 14.0 Å². The van der Waals surface area contributed by atoms with Gasteiger partial charge in [0.15, 0.2) is 0 Å². The Morgan fingerprint density at radius 3 is 2.85 bits per heavy atom. The highest BCUT2D eigenvalue weighted by Crippen LogP contribution is 2.20. The van der Waals surface area contributed by atoms with Gasteiger partial charge in [-0.15, -0.1) is 0 Å². The lowest BCUT2D eigenvalue weighted by Crippen LogP contribution is -2.54. The van der Waals surface area contributed by atoms with E-state index in [1.165, 1.54) is 12.1 Å². The van der Waals surface area contributed by atoms with Gasteiger partial charge in [-0.25, -0.2) is 9.18 Å². The molecule has 0 aromatic heterocycles. The van der Waals surface area contributed by atoms with Gasteiger partial charge in [0.05, 0.1) is 11.6 Å². The largest absolute Gasteiger partial charge is 0.352 e. The van der Waals surface area contributed by atoms with Gasteiger partial charge in [-0.05, 0) is 43.9 Å². The average molecular weight is 362 g/mol. The second kappa shape index (κ2) is 8.49. The molecule has 3 amide bonds. The summed E-state index contributed by atoms with van der Waals surface area (Å²) in [5.41, 5.74) is 0.158. The van der Waals surface area contributed by atoms with Gasteiger partial charge in [0.25, 0.3) is 0 Å². The Morgan fingerprint density at radius 2 is 2.08 bits per heavy atom. The van der Waals surface area contributed by atoms with E-state index in [0.29, 0.717) is 19.0 Å². The highest BCUT2D eigenvalue weighted by atomic mass is 19.1. The molecule has 2 aliphatic heterocycles. The normalized spacial score (nSPS) is 26.2. The molecule has 2 saturated heterocycles. The Kier molecular flexibility index (Phi) is 6.08. The monoisotopic (exact) mass is 362 g/mol. The van der Waals surface area contributed by atoms with Crippen LogP contribution in [-0.4, -0.2) is 49.1 Å². The first-order chi connectivity index (χ1) is 12.5. The van der Waals surface area contributed by atoms with Crippen LogP contribution in [0.5, 0.6) is 0 Å². The Hall–Kier alpha value is -2.15. The van der Waals surface area contributed by atoms with Crippen LogP contribution in [0, 0.1) is 17.7 Å². The fourth-order valence-corrected chi connectivity index (χ4v) is 3.62. The highest BCUT2D eigenvalue weighted by Gasteiger charge is 2.31. The van der Waals surface area contributed by atoms with E-state index in [4.69, 9.17) is 0 Å². The minimum absolute atomic E-state index is 0.00828. The topological polar surface area (TPSA) is 73.5 Å². The van der Waals surface area contributed by atoms with Crippen molar-refractivity contribution in [1.82, 2.24) is 15.5 Å². The fraction of sp³-hybridized carbons (Fsp3) is 0.579. The molecule has 0 aliphatic carbocycles. The van der Waals surface area contributed by atoms with Crippen molar-refractivity contribution in [2.24, 2.45) is 11.8 Å². The number of rotatable bonds is 3. The summed E-state index contributed by atoms with van der Waals surface area (Å²) in [6, 6.07) is 5.86. The molecule has 6 nitrogen and oxygen atoms in total. The summed E-state index contributed by atoms with van der Waals surface area (Å²) in [4.78, 5) is 26.7. The van der Waals surface area contributed by atoms with E-state index in [-0.39, 0.29) is 29.6 Å². The third-order valence-corrected chi connectivity index (χ3v) is 5.35. The number of halogens is 1. The van der Waals surface area contributed by atoms with Gasteiger partial charge >= 0.3 is 6.03 Å². The number of anilines is 1. The van der Waals surface area contributed by atoms with Crippen molar-refractivity contribution < 1.29 is 14.0 Å². The van der Waals surface area contributed by atoms with E-state index in [0.717, 1.165) is 32.4 Å². The predicted molar refractivity (Wildman–Crippen MR) is 98.3 cm³/mol. The molecular weight excluding hydrogens is 335 g/mol. The van der Waals surface area contributed by atoms with Crippen LogP contribution in [0.1, 0.15) is 26.2 Å². The molecule has 0 radical (unpaired) electrons. The quantitative estimate of drug-likeness (QED) is 0.772. The van der Waals surface area contributed by atoms with Crippen molar-refractivity contribution >= 4 is 17.6 Å². The zero-order valence-corrected chi connectivity index (χ0v) is 15.1. The maximum absolute atomic E-state index is 13.7. The summed E-state index contributed by atoms with van der Waals surface area (Å²) in [6.07, 6.45) is 2.58. The zero-order valence-electron chi connectivity index (χ0n) is 15.1. The maximum atomic E-state index is 13.7. The summed E-state index contributed by atoms with van der Waals surface area (Å²) in [5.74, 6) is -0.228. The number of para-hydroxylation sites is 1. The van der Waals surface area contributed by atoms with Crippen LogP contribution < -0.4 is 16.0 Å². The van der Waals surface area contributed by atoms with Crippen LogP contribution in [0.3, 0.4) is 0 Å². The third kappa shape index (κ3) is 4.52. The molecule has 3 N–H and O–H groups in total. The number of carbonyl (C=O) groups excluding carboxylic acids is 2. The van der Waals surface area contributed by atoms with E-state index in [2.05, 4.69) is 22.9 Å². The summed E-state index contributed by atoms with van der Waals surface area (Å²) in [6.45, 7) is 4.87. The van der Waals surface area contributed by atoms with Gasteiger partial charge in [-0.3, -0.25) is 4.79 Å². The summed E-state index contributed by atoms with van der Waals surface area (Å²) >= 11 is 0. The number of amides is 3. The molecule has 142 valence electrons. The molecule has 0 saturated carbocycles. The smallest absolute Gasteiger partial charge is 0.321 e. The summed E-state index contributed by atoms with van der Waals surface area (Å²) < 4.78 is 13.7. The van der Waals surface area contributed by atoms with E-state index in [1.54, 1.807) is 17.0 Å². The number of urea groups is 1. The molecule has 26 heavy (non-hydrogen) atoms. The number of hydrogen-bond acceptors (Lipinski definition) is 3. The van der Waals surface area contributed by atoms with Gasteiger partial charge < -0.3 is 20.9 Å². The summed E-state index contributed by atoms with van der Waals surface area (Å²) in [5, 5.41) is 9.04. The van der Waals surface area contributed by atoms with Crippen molar-refractivity contribution in [3.05, 3.63) is 30.1 Å². The Morgan fingerprint density at radius 1 is 1.27 bits per heavy atom. The van der Waals surface area contributed by atoms with Crippen molar-refractivity contribution in [3.63, 3.8) is 0 Å². The first-order valence-electron chi connectivity index (χ1n) is 9.36. The van der Waals surface area contributed by atoms with Crippen molar-refractivity contribution in [2.75, 3.05) is 31.5 Å². The minimum atomic E-state index is -0.467. The second-order valence-electron chi connectivity index (χ2n) is 7.28. The van der Waals surface area contributed by atoms with Crippen LogP contribution in [0.2, 0.25) is 0 Å². The minimum Gasteiger partial charge on any atom is -0.352 e. The first-order valence-corrected chi connectivity index (χ1v) is 9.36. The highest BCUT2D eigenvalue weighted by molar-refractivity contribution is 5.90. The molecule has 0 bridgehead atoms. The Balaban J connectivity index is 1.55. The van der Waals surface area contributed by atoms with E-state index in [1.807, 2.05) is 0 Å². The Bertz CT molecular complexity index is 654. The molecule has 1 aromatic rings. The summed E-state index contributed by atoms with van der Waals surface area (Å²) in [7, 11) is 0. The van der Waals surface area contributed by atoms with Gasteiger partial charge in [0, 0.05) is 25.7 Å². The van der Waals surface area contributed by atoms with Crippen LogP contribution in [0.4, 0.5) is 14.9 Å². The lowest BCUT2D eigenvalue weighted by molar-refractivity contribution is -0.127. The second-order valence-corrected chi connectivity index (χ2v) is 7.28. The fourth-order valence-electron chi connectivity index (χ4n) is 3.62. The molecule has 2 fully saturated rings. The van der Waals surface area contributed by atoms with Crippen LogP contribution in [-0.2, 0) is 4.79 Å². The third-order valence-electron chi connectivity index (χ3n) is 5.35. The van der Waals surface area contributed by atoms with Crippen molar-refractivity contribution in [3.8, 4) is 0 Å². The maximum Gasteiger partial charge on any atom is 0.321 e. The molecule has 2 aliphatic rings. The van der Waals surface area contributed by atoms with Crippen molar-refractivity contribution in [1.29, 1.82) is 0 Å². The van der Waals surface area contributed by atoms with Gasteiger partial charge in [-0.2, -0.15) is 0 Å². The Labute approximate surface area is 153 Å². The lowest BCUT2D eigenvalue weighted by Gasteiger charge is -2.35. The van der Waals surface area contributed by atoms with Crippen LogP contribution in [0.25, 0.3) is 0 Å². The number of nitrogens with one attached hydrogen (secondary N) is 3. The standard InChI is InChI=1S/C19H27FN4O2/c1-13-8-9-21-11-17(13)22-18(25)14-5-4-10-24(12-14)19(26)23-16-7-3-2-6-15(16)20/h2-3,6-7,13-14,17,21H,4-5,8-12H2,1H3,(H,22,25)(H,23,26). The molecule has 2 heterocycles. The molecule has 3 unspecified atom stereocenters. The molecule has 3 atom stereocenters. The SMILES string of the molecule is CC1CCNCC1NC(=O)C1CCCN(C(=O)Nc2ccccc2F)C1. The van der Waals surface area contributed by atoms with E-state index < -0.39 is 5.82 Å². The number of piperidine rings is 2. The lowest BCUT2D eigenvalue weighted by atomic mass is 9.92. The van der Waals surface area contributed by atoms with Gasteiger partial charge in [0.1, 0.15) is 5.82 Å². The first kappa shape index (κ1) is 18.6. The van der Waals surface area contributed by atoms with Crippen LogP contribution in [0.15, 0.2) is 24.3 Å². The zero-order chi connectivity index (χ0) is 18.5. The predicted octanol–water partition coefficient (Wildman–Crippen LogP) is 2.18. The number of carbonyl (C=O) groups is 2. The average Bonchev–Trinajstić information content (AvgIpc) is 2.65.